The van der Waals surface area contributed by atoms with E-state index < -0.39 is 6.04 Å². The minimum absolute atomic E-state index is 0.0249. The van der Waals surface area contributed by atoms with Crippen LogP contribution in [0.2, 0.25) is 0 Å². The molecule has 6 rings (SSSR count). The number of aliphatic hydroxyl groups excluding tert-OH is 1. The molecule has 2 N–H and O–H groups in total. The van der Waals surface area contributed by atoms with Crippen molar-refractivity contribution in [2.24, 2.45) is 5.92 Å². The normalized spacial score (nSPS) is 17.2. The van der Waals surface area contributed by atoms with Crippen LogP contribution in [0.5, 0.6) is 0 Å². The summed E-state index contributed by atoms with van der Waals surface area (Å²) < 4.78 is 2.44. The van der Waals surface area contributed by atoms with Crippen LogP contribution in [0.1, 0.15) is 96.1 Å². The van der Waals surface area contributed by atoms with Crippen molar-refractivity contribution in [3.63, 3.8) is 0 Å². The predicted octanol–water partition coefficient (Wildman–Crippen LogP) is 7.09. The number of nitrogens with one attached hydrogen (secondary N) is 1. The number of benzene rings is 2. The topological polar surface area (TPSA) is 67.2 Å². The molecule has 5 nitrogen and oxygen atoms in total. The summed E-state index contributed by atoms with van der Waals surface area (Å²) in [6, 6.07) is 20.4. The summed E-state index contributed by atoms with van der Waals surface area (Å²) in [5.41, 5.74) is 9.69. The van der Waals surface area contributed by atoms with Gasteiger partial charge in [-0.1, -0.05) is 80.3 Å². The summed E-state index contributed by atoms with van der Waals surface area (Å²) >= 11 is 0. The van der Waals surface area contributed by atoms with Gasteiger partial charge in [0.05, 0.1) is 18.6 Å². The molecule has 0 aliphatic heterocycles. The van der Waals surface area contributed by atoms with Crippen LogP contribution in [0, 0.1) is 19.8 Å². The fraction of sp³-hybridized carbons (Fsp3) is 0.444. The maximum atomic E-state index is 13.9. The maximum Gasteiger partial charge on any atom is 0.228 e. The Morgan fingerprint density at radius 2 is 1.68 bits per heavy atom. The van der Waals surface area contributed by atoms with E-state index in [0.29, 0.717) is 5.92 Å². The molecular weight excluding hydrogens is 506 g/mol. The third kappa shape index (κ3) is 5.70. The van der Waals surface area contributed by atoms with Crippen molar-refractivity contribution in [1.82, 2.24) is 14.9 Å². The molecule has 0 saturated heterocycles. The van der Waals surface area contributed by atoms with E-state index in [1.165, 1.54) is 59.9 Å². The summed E-state index contributed by atoms with van der Waals surface area (Å²) in [6.45, 7) is 4.98. The summed E-state index contributed by atoms with van der Waals surface area (Å²) in [6.07, 6.45) is 10.4. The first-order chi connectivity index (χ1) is 20.0. The second-order valence-corrected chi connectivity index (χ2v) is 12.3. The van der Waals surface area contributed by atoms with Gasteiger partial charge in [0.1, 0.15) is 5.65 Å². The molecule has 2 aromatic heterocycles. The van der Waals surface area contributed by atoms with Gasteiger partial charge < -0.3 is 15.0 Å². The monoisotopic (exact) mass is 549 g/mol. The van der Waals surface area contributed by atoms with Crippen molar-refractivity contribution < 1.29 is 9.90 Å². The number of hydrogen-bond donors (Lipinski definition) is 2. The van der Waals surface area contributed by atoms with Crippen LogP contribution in [0.3, 0.4) is 0 Å². The Hall–Kier alpha value is -3.44. The number of aromatic nitrogens is 2. The van der Waals surface area contributed by atoms with Gasteiger partial charge in [-0.15, -0.1) is 0 Å². The van der Waals surface area contributed by atoms with E-state index in [9.17, 15) is 9.90 Å². The van der Waals surface area contributed by atoms with Gasteiger partial charge in [0.15, 0.2) is 0 Å². The highest BCUT2D eigenvalue weighted by Gasteiger charge is 2.32. The fourth-order valence-corrected chi connectivity index (χ4v) is 7.45. The number of fused-ring (bicyclic) bond motifs is 3. The molecule has 1 fully saturated rings. The zero-order valence-electron chi connectivity index (χ0n) is 24.5. The fourth-order valence-electron chi connectivity index (χ4n) is 7.45. The number of nitrogens with zero attached hydrogens (tertiary/aromatic N) is 2. The first-order valence-corrected chi connectivity index (χ1v) is 15.6. The Balaban J connectivity index is 1.29. The van der Waals surface area contributed by atoms with Gasteiger partial charge in [-0.25, -0.2) is 4.98 Å². The SMILES string of the molecule is Cc1cc(C)c2c3c(n(Cc4ccc([C@@H](C(=O)N[C@@H](CO)c5ccccc5)C5CCCCCC5)cc4)c2n1)CCC3. The number of aliphatic hydroxyl groups is 1. The number of amides is 1. The van der Waals surface area contributed by atoms with E-state index in [1.54, 1.807) is 0 Å². The molecule has 2 aromatic carbocycles. The molecule has 2 aliphatic rings. The molecule has 1 amide bonds. The Morgan fingerprint density at radius 3 is 2.39 bits per heavy atom. The smallest absolute Gasteiger partial charge is 0.228 e. The summed E-state index contributed by atoms with van der Waals surface area (Å²) in [5, 5.41) is 14.7. The van der Waals surface area contributed by atoms with Crippen LogP contribution in [0.15, 0.2) is 60.7 Å². The van der Waals surface area contributed by atoms with Crippen molar-refractivity contribution in [2.45, 2.75) is 90.1 Å². The average Bonchev–Trinajstić information content (AvgIpc) is 3.44. The number of pyridine rings is 1. The minimum Gasteiger partial charge on any atom is -0.394 e. The number of carbonyl (C=O) groups excluding carboxylic acids is 1. The molecule has 2 atom stereocenters. The van der Waals surface area contributed by atoms with E-state index in [0.717, 1.165) is 54.7 Å². The Bertz CT molecular complexity index is 1500. The summed E-state index contributed by atoms with van der Waals surface area (Å²) in [4.78, 5) is 18.9. The molecule has 4 aromatic rings. The molecule has 2 aliphatic carbocycles. The van der Waals surface area contributed by atoms with Crippen LogP contribution < -0.4 is 5.32 Å². The second kappa shape index (κ2) is 12.2. The number of hydrogen-bond acceptors (Lipinski definition) is 3. The highest BCUT2D eigenvalue weighted by Crippen LogP contribution is 2.37. The van der Waals surface area contributed by atoms with Gasteiger partial charge >= 0.3 is 0 Å². The van der Waals surface area contributed by atoms with Gasteiger partial charge in [-0.3, -0.25) is 4.79 Å². The lowest BCUT2D eigenvalue weighted by molar-refractivity contribution is -0.125. The van der Waals surface area contributed by atoms with E-state index in [2.05, 4.69) is 54.1 Å². The van der Waals surface area contributed by atoms with Crippen LogP contribution in [0.4, 0.5) is 0 Å². The van der Waals surface area contributed by atoms with Gasteiger partial charge in [-0.05, 0) is 85.8 Å². The Labute approximate surface area is 244 Å². The maximum absolute atomic E-state index is 13.9. The first-order valence-electron chi connectivity index (χ1n) is 15.6. The average molecular weight is 550 g/mol. The highest BCUT2D eigenvalue weighted by atomic mass is 16.3. The predicted molar refractivity (Wildman–Crippen MR) is 165 cm³/mol. The highest BCUT2D eigenvalue weighted by molar-refractivity contribution is 5.87. The second-order valence-electron chi connectivity index (χ2n) is 12.3. The molecular formula is C36H43N3O2. The number of aryl methyl sites for hydroxylation is 3. The first kappa shape index (κ1) is 27.7. The van der Waals surface area contributed by atoms with Gasteiger partial charge in [-0.2, -0.15) is 0 Å². The molecule has 5 heteroatoms. The molecule has 41 heavy (non-hydrogen) atoms. The van der Waals surface area contributed by atoms with Gasteiger partial charge in [0.2, 0.25) is 5.91 Å². The standard InChI is InChI=1S/C36H43N3O2/c1-24-21-25(2)37-35-33(24)30-15-10-16-32(30)39(35)22-26-17-19-29(20-18-26)34(28-13-6-3-4-7-14-28)36(41)38-31(23-40)27-11-8-5-9-12-27/h5,8-9,11-12,17-21,28,31,34,40H,3-4,6-7,10,13-16,22-23H2,1-2H3,(H,38,41)/t31-,34-/m0/s1. The number of carbonyl (C=O) groups is 1. The molecule has 0 spiro atoms. The van der Waals surface area contributed by atoms with Crippen molar-refractivity contribution in [2.75, 3.05) is 6.61 Å². The zero-order chi connectivity index (χ0) is 28.3. The number of rotatable bonds is 8. The van der Waals surface area contributed by atoms with Crippen molar-refractivity contribution in [1.29, 1.82) is 0 Å². The molecule has 2 heterocycles. The lowest BCUT2D eigenvalue weighted by Crippen LogP contribution is -2.37. The Kier molecular flexibility index (Phi) is 8.25. The molecule has 1 saturated carbocycles. The molecule has 0 radical (unpaired) electrons. The quantitative estimate of drug-likeness (QED) is 0.231. The van der Waals surface area contributed by atoms with Crippen molar-refractivity contribution >= 4 is 16.9 Å². The van der Waals surface area contributed by atoms with E-state index in [1.807, 2.05) is 30.3 Å². The van der Waals surface area contributed by atoms with Gasteiger partial charge in [0.25, 0.3) is 0 Å². The summed E-state index contributed by atoms with van der Waals surface area (Å²) in [7, 11) is 0. The molecule has 214 valence electrons. The zero-order valence-corrected chi connectivity index (χ0v) is 24.5. The van der Waals surface area contributed by atoms with E-state index in [-0.39, 0.29) is 18.4 Å². The third-order valence-electron chi connectivity index (χ3n) is 9.43. The summed E-state index contributed by atoms with van der Waals surface area (Å²) in [5.74, 6) is 0.116. The van der Waals surface area contributed by atoms with Crippen LogP contribution >= 0.6 is 0 Å². The third-order valence-corrected chi connectivity index (χ3v) is 9.43. The minimum atomic E-state index is -0.403. The van der Waals surface area contributed by atoms with Crippen molar-refractivity contribution in [3.05, 3.63) is 99.9 Å². The molecule has 0 bridgehead atoms. The largest absolute Gasteiger partial charge is 0.394 e. The van der Waals surface area contributed by atoms with Crippen LogP contribution in [-0.2, 0) is 24.2 Å². The Morgan fingerprint density at radius 1 is 0.951 bits per heavy atom. The lowest BCUT2D eigenvalue weighted by Gasteiger charge is -2.28. The van der Waals surface area contributed by atoms with E-state index >= 15 is 0 Å². The van der Waals surface area contributed by atoms with Crippen LogP contribution in [-0.4, -0.2) is 27.2 Å². The van der Waals surface area contributed by atoms with E-state index in [4.69, 9.17) is 4.98 Å². The van der Waals surface area contributed by atoms with Crippen molar-refractivity contribution in [3.8, 4) is 0 Å². The molecule has 0 unspecified atom stereocenters. The lowest BCUT2D eigenvalue weighted by atomic mass is 9.80. The van der Waals surface area contributed by atoms with Crippen LogP contribution in [0.25, 0.3) is 11.0 Å². The van der Waals surface area contributed by atoms with Gasteiger partial charge in [0, 0.05) is 23.3 Å².